The van der Waals surface area contributed by atoms with Crippen molar-refractivity contribution in [3.63, 3.8) is 0 Å². The highest BCUT2D eigenvalue weighted by molar-refractivity contribution is 7.54. The van der Waals surface area contributed by atoms with E-state index in [2.05, 4.69) is 0 Å². The molecule has 0 saturated carbocycles. The molecule has 6 heteroatoms. The van der Waals surface area contributed by atoms with E-state index in [-0.39, 0.29) is 19.6 Å². The van der Waals surface area contributed by atoms with Gasteiger partial charge in [-0.3, -0.25) is 4.57 Å². The smallest absolute Gasteiger partial charge is 0.358 e. The number of methoxy groups -OCH3 is 1. The van der Waals surface area contributed by atoms with Gasteiger partial charge in [0.1, 0.15) is 0 Å². The monoisotopic (exact) mass is 226 g/mol. The highest BCUT2D eigenvalue weighted by Crippen LogP contribution is 2.52. The van der Waals surface area contributed by atoms with Gasteiger partial charge >= 0.3 is 7.60 Å². The molecule has 0 rings (SSSR count). The van der Waals surface area contributed by atoms with Crippen LogP contribution in [0.15, 0.2) is 0 Å². The van der Waals surface area contributed by atoms with Crippen molar-refractivity contribution in [3.05, 3.63) is 0 Å². The van der Waals surface area contributed by atoms with Crippen LogP contribution >= 0.6 is 7.60 Å². The van der Waals surface area contributed by atoms with Crippen LogP contribution in [0.2, 0.25) is 0 Å². The Morgan fingerprint density at radius 1 is 1.29 bits per heavy atom. The van der Waals surface area contributed by atoms with E-state index in [0.29, 0.717) is 6.61 Å². The van der Waals surface area contributed by atoms with Crippen molar-refractivity contribution < 1.29 is 23.5 Å². The Bertz CT molecular complexity index is 175. The van der Waals surface area contributed by atoms with Crippen LogP contribution in [0.1, 0.15) is 20.3 Å². The molecule has 0 aromatic heterocycles. The van der Waals surface area contributed by atoms with Gasteiger partial charge in [-0.1, -0.05) is 0 Å². The standard InChI is InChI=1S/C8H19O5P/c1-4-12-14(10,13-5-2)8(9)6-7-11-3/h8-9H,4-7H2,1-3H3/t8-/m1/s1. The number of aliphatic hydroxyl groups is 1. The second kappa shape index (κ2) is 7.37. The molecule has 0 aliphatic heterocycles. The van der Waals surface area contributed by atoms with E-state index < -0.39 is 13.4 Å². The highest BCUT2D eigenvalue weighted by Gasteiger charge is 2.33. The summed E-state index contributed by atoms with van der Waals surface area (Å²) in [5, 5.41) is 9.57. The Labute approximate surface area is 84.9 Å². The van der Waals surface area contributed by atoms with Crippen molar-refractivity contribution in [1.29, 1.82) is 0 Å². The van der Waals surface area contributed by atoms with Gasteiger partial charge in [0.15, 0.2) is 5.85 Å². The summed E-state index contributed by atoms with van der Waals surface area (Å²) < 4.78 is 26.6. The molecule has 0 aromatic carbocycles. The van der Waals surface area contributed by atoms with Crippen molar-refractivity contribution >= 4 is 7.60 Å². The molecule has 1 N–H and O–H groups in total. The number of aliphatic hydroxyl groups excluding tert-OH is 1. The normalized spacial score (nSPS) is 14.3. The Balaban J connectivity index is 4.23. The quantitative estimate of drug-likeness (QED) is 0.637. The summed E-state index contributed by atoms with van der Waals surface area (Å²) in [6.07, 6.45) is 0.244. The molecule has 0 heterocycles. The third kappa shape index (κ3) is 4.53. The summed E-state index contributed by atoms with van der Waals surface area (Å²) in [6.45, 7) is 4.23. The van der Waals surface area contributed by atoms with Crippen LogP contribution in [0.25, 0.3) is 0 Å². The molecule has 0 saturated heterocycles. The van der Waals surface area contributed by atoms with E-state index in [1.807, 2.05) is 0 Å². The van der Waals surface area contributed by atoms with Gasteiger partial charge in [0.25, 0.3) is 0 Å². The van der Waals surface area contributed by atoms with Gasteiger partial charge < -0.3 is 18.9 Å². The number of ether oxygens (including phenoxy) is 1. The maximum atomic E-state index is 11.9. The van der Waals surface area contributed by atoms with Gasteiger partial charge in [-0.2, -0.15) is 0 Å². The van der Waals surface area contributed by atoms with Crippen molar-refractivity contribution in [2.45, 2.75) is 26.1 Å². The molecule has 5 nitrogen and oxygen atoms in total. The van der Waals surface area contributed by atoms with Crippen LogP contribution in [0.3, 0.4) is 0 Å². The molecular formula is C8H19O5P. The fraction of sp³-hybridized carbons (Fsp3) is 1.00. The Morgan fingerprint density at radius 2 is 1.79 bits per heavy atom. The molecule has 0 fully saturated rings. The molecule has 0 aliphatic carbocycles. The predicted octanol–water partition coefficient (Wildman–Crippen LogP) is 1.61. The largest absolute Gasteiger partial charge is 0.385 e. The van der Waals surface area contributed by atoms with Crippen LogP contribution in [0.5, 0.6) is 0 Å². The lowest BCUT2D eigenvalue weighted by molar-refractivity contribution is 0.112. The maximum absolute atomic E-state index is 11.9. The maximum Gasteiger partial charge on any atom is 0.358 e. The van der Waals surface area contributed by atoms with Crippen LogP contribution < -0.4 is 0 Å². The minimum Gasteiger partial charge on any atom is -0.385 e. The molecule has 1 atom stereocenters. The summed E-state index contributed by atoms with van der Waals surface area (Å²) in [7, 11) is -1.85. The first kappa shape index (κ1) is 14.1. The minimum absolute atomic E-state index is 0.244. The fourth-order valence-corrected chi connectivity index (χ4v) is 2.51. The van der Waals surface area contributed by atoms with Gasteiger partial charge in [-0.15, -0.1) is 0 Å². The second-order valence-corrected chi connectivity index (χ2v) is 4.83. The second-order valence-electron chi connectivity index (χ2n) is 2.64. The van der Waals surface area contributed by atoms with Crippen molar-refractivity contribution in [1.82, 2.24) is 0 Å². The molecular weight excluding hydrogens is 207 g/mol. The minimum atomic E-state index is -3.36. The molecule has 0 bridgehead atoms. The topological polar surface area (TPSA) is 65.0 Å². The lowest BCUT2D eigenvalue weighted by atomic mass is 10.5. The summed E-state index contributed by atoms with van der Waals surface area (Å²) >= 11 is 0. The first-order valence-corrected chi connectivity index (χ1v) is 6.27. The van der Waals surface area contributed by atoms with Gasteiger partial charge in [0, 0.05) is 20.1 Å². The van der Waals surface area contributed by atoms with Gasteiger partial charge in [-0.05, 0) is 13.8 Å². The summed E-state index contributed by atoms with van der Waals surface area (Å²) in [5.74, 6) is -1.11. The highest BCUT2D eigenvalue weighted by atomic mass is 31.2. The zero-order valence-electron chi connectivity index (χ0n) is 8.93. The van der Waals surface area contributed by atoms with E-state index in [1.54, 1.807) is 13.8 Å². The number of hydrogen-bond donors (Lipinski definition) is 1. The van der Waals surface area contributed by atoms with Crippen molar-refractivity contribution in [3.8, 4) is 0 Å². The molecule has 0 aliphatic rings. The van der Waals surface area contributed by atoms with Crippen LogP contribution in [0.4, 0.5) is 0 Å². The number of hydrogen-bond acceptors (Lipinski definition) is 5. The summed E-state index contributed by atoms with van der Waals surface area (Å²) in [5.41, 5.74) is 0. The first-order chi connectivity index (χ1) is 6.60. The summed E-state index contributed by atoms with van der Waals surface area (Å²) in [4.78, 5) is 0. The van der Waals surface area contributed by atoms with E-state index in [1.165, 1.54) is 7.11 Å². The van der Waals surface area contributed by atoms with Gasteiger partial charge in [-0.25, -0.2) is 0 Å². The molecule has 0 amide bonds. The lowest BCUT2D eigenvalue weighted by Gasteiger charge is -2.21. The fourth-order valence-electron chi connectivity index (χ4n) is 0.951. The average molecular weight is 226 g/mol. The van der Waals surface area contributed by atoms with Gasteiger partial charge in [0.2, 0.25) is 0 Å². The van der Waals surface area contributed by atoms with E-state index in [4.69, 9.17) is 13.8 Å². The molecule has 0 spiro atoms. The SMILES string of the molecule is CCOP(=O)(OCC)[C@@H](O)CCOC. The molecule has 0 radical (unpaired) electrons. The Morgan fingerprint density at radius 3 is 2.14 bits per heavy atom. The lowest BCUT2D eigenvalue weighted by Crippen LogP contribution is -2.14. The van der Waals surface area contributed by atoms with Gasteiger partial charge in [0.05, 0.1) is 13.2 Å². The first-order valence-electron chi connectivity index (χ1n) is 4.66. The van der Waals surface area contributed by atoms with E-state index in [0.717, 1.165) is 0 Å². The Hall–Kier alpha value is 0.0700. The van der Waals surface area contributed by atoms with Crippen LogP contribution in [0, 0.1) is 0 Å². The zero-order valence-corrected chi connectivity index (χ0v) is 9.83. The van der Waals surface area contributed by atoms with Crippen molar-refractivity contribution in [2.75, 3.05) is 26.9 Å². The molecule has 14 heavy (non-hydrogen) atoms. The predicted molar refractivity (Wildman–Crippen MR) is 53.4 cm³/mol. The number of rotatable bonds is 8. The third-order valence-corrected chi connectivity index (χ3v) is 3.79. The molecule has 0 aromatic rings. The average Bonchev–Trinajstić information content (AvgIpc) is 2.15. The molecule has 0 unspecified atom stereocenters. The van der Waals surface area contributed by atoms with E-state index >= 15 is 0 Å². The third-order valence-electron chi connectivity index (χ3n) is 1.56. The van der Waals surface area contributed by atoms with Crippen LogP contribution in [-0.2, 0) is 18.3 Å². The zero-order chi connectivity index (χ0) is 11.0. The van der Waals surface area contributed by atoms with Crippen LogP contribution in [-0.4, -0.2) is 37.9 Å². The Kier molecular flexibility index (Phi) is 7.41. The van der Waals surface area contributed by atoms with E-state index in [9.17, 15) is 9.67 Å². The van der Waals surface area contributed by atoms with Crippen molar-refractivity contribution in [2.24, 2.45) is 0 Å². The molecule has 86 valence electrons. The summed E-state index contributed by atoms with van der Waals surface area (Å²) in [6, 6.07) is 0.